The molecule has 1 aromatic carbocycles. The molecule has 0 saturated carbocycles. The summed E-state index contributed by atoms with van der Waals surface area (Å²) in [6.07, 6.45) is 3.28. The van der Waals surface area contributed by atoms with Gasteiger partial charge in [-0.25, -0.2) is 0 Å². The normalized spacial score (nSPS) is 10.2. The first-order valence-corrected chi connectivity index (χ1v) is 4.75. The van der Waals surface area contributed by atoms with E-state index in [0.717, 1.165) is 5.56 Å². The fourth-order valence-electron chi connectivity index (χ4n) is 1.26. The second-order valence-corrected chi connectivity index (χ2v) is 3.45. The average molecular weight is 222 g/mol. The number of hydrogen-bond acceptors (Lipinski definition) is 3. The van der Waals surface area contributed by atoms with E-state index >= 15 is 0 Å². The number of carbonyl (C=O) groups is 1. The zero-order valence-corrected chi connectivity index (χ0v) is 8.55. The minimum atomic E-state index is -0.439. The predicted octanol–water partition coefficient (Wildman–Crippen LogP) is 1.71. The fourth-order valence-corrected chi connectivity index (χ4v) is 1.38. The minimum Gasteiger partial charge on any atom is -0.316 e. The largest absolute Gasteiger partial charge is 0.316 e. The van der Waals surface area contributed by atoms with Gasteiger partial charge in [-0.1, -0.05) is 12.1 Å². The first-order chi connectivity index (χ1) is 7.25. The number of hydrogen-bond donors (Lipinski definition) is 0. The van der Waals surface area contributed by atoms with Gasteiger partial charge in [0.25, 0.3) is 5.24 Å². The molecule has 0 radical (unpaired) electrons. The molecule has 1 aromatic heterocycles. The Labute approximate surface area is 91.5 Å². The summed E-state index contributed by atoms with van der Waals surface area (Å²) in [5.74, 6) is 0. The monoisotopic (exact) mass is 221 g/mol. The molecule has 0 unspecified atom stereocenters. The van der Waals surface area contributed by atoms with Crippen molar-refractivity contribution in [2.75, 3.05) is 0 Å². The van der Waals surface area contributed by atoms with Crippen LogP contribution in [-0.4, -0.2) is 20.0 Å². The van der Waals surface area contributed by atoms with E-state index < -0.39 is 5.24 Å². The Balaban J connectivity index is 2.14. The van der Waals surface area contributed by atoms with Gasteiger partial charge >= 0.3 is 0 Å². The topological polar surface area (TPSA) is 47.8 Å². The summed E-state index contributed by atoms with van der Waals surface area (Å²) in [6, 6.07) is 7.12. The highest BCUT2D eigenvalue weighted by atomic mass is 35.5. The van der Waals surface area contributed by atoms with Crippen molar-refractivity contribution in [1.29, 1.82) is 0 Å². The molecule has 2 rings (SSSR count). The first-order valence-electron chi connectivity index (χ1n) is 4.37. The quantitative estimate of drug-likeness (QED) is 0.742. The predicted molar refractivity (Wildman–Crippen MR) is 55.7 cm³/mol. The maximum Gasteiger partial charge on any atom is 0.252 e. The summed E-state index contributed by atoms with van der Waals surface area (Å²) < 4.78 is 1.84. The summed E-state index contributed by atoms with van der Waals surface area (Å²) >= 11 is 5.33. The lowest BCUT2D eigenvalue weighted by Crippen LogP contribution is -1.97. The Morgan fingerprint density at radius 1 is 1.20 bits per heavy atom. The van der Waals surface area contributed by atoms with Crippen LogP contribution in [0.4, 0.5) is 0 Å². The van der Waals surface area contributed by atoms with Crippen LogP contribution >= 0.6 is 11.6 Å². The van der Waals surface area contributed by atoms with Crippen LogP contribution in [0.3, 0.4) is 0 Å². The van der Waals surface area contributed by atoms with Gasteiger partial charge in [-0.05, 0) is 29.3 Å². The summed E-state index contributed by atoms with van der Waals surface area (Å²) in [7, 11) is 0. The van der Waals surface area contributed by atoms with Crippen molar-refractivity contribution in [3.63, 3.8) is 0 Å². The summed E-state index contributed by atoms with van der Waals surface area (Å²) in [5.41, 5.74) is 1.57. The van der Waals surface area contributed by atoms with E-state index in [1.54, 1.807) is 24.8 Å². The van der Waals surface area contributed by atoms with E-state index in [0.29, 0.717) is 12.1 Å². The number of carbonyl (C=O) groups excluding carboxylic acids is 1. The van der Waals surface area contributed by atoms with Gasteiger partial charge in [0.1, 0.15) is 12.7 Å². The third kappa shape index (κ3) is 2.41. The molecule has 1 heterocycles. The van der Waals surface area contributed by atoms with Crippen molar-refractivity contribution in [3.8, 4) is 0 Å². The van der Waals surface area contributed by atoms with E-state index in [-0.39, 0.29) is 0 Å². The number of aromatic nitrogens is 3. The van der Waals surface area contributed by atoms with Gasteiger partial charge < -0.3 is 4.57 Å². The Morgan fingerprint density at radius 3 is 2.33 bits per heavy atom. The maximum atomic E-state index is 10.8. The Kier molecular flexibility index (Phi) is 2.78. The summed E-state index contributed by atoms with van der Waals surface area (Å²) in [4.78, 5) is 10.8. The third-order valence-corrected chi connectivity index (χ3v) is 2.23. The Morgan fingerprint density at radius 2 is 1.80 bits per heavy atom. The average Bonchev–Trinajstić information content (AvgIpc) is 2.71. The van der Waals surface area contributed by atoms with Crippen molar-refractivity contribution in [2.45, 2.75) is 6.54 Å². The van der Waals surface area contributed by atoms with Gasteiger partial charge in [0.05, 0.1) is 0 Å². The molecule has 5 heteroatoms. The Hall–Kier alpha value is -1.68. The van der Waals surface area contributed by atoms with Gasteiger partial charge in [0.2, 0.25) is 0 Å². The molecule has 4 nitrogen and oxygen atoms in total. The van der Waals surface area contributed by atoms with Crippen LogP contribution in [0, 0.1) is 0 Å². The van der Waals surface area contributed by atoms with Crippen molar-refractivity contribution in [3.05, 3.63) is 48.0 Å². The third-order valence-electron chi connectivity index (χ3n) is 2.01. The zero-order valence-electron chi connectivity index (χ0n) is 7.80. The van der Waals surface area contributed by atoms with Crippen molar-refractivity contribution in [2.24, 2.45) is 0 Å². The van der Waals surface area contributed by atoms with Gasteiger partial charge in [-0.3, -0.25) is 4.79 Å². The lowest BCUT2D eigenvalue weighted by atomic mass is 10.1. The minimum absolute atomic E-state index is 0.439. The molecule has 0 amide bonds. The molecule has 0 N–H and O–H groups in total. The molecule has 15 heavy (non-hydrogen) atoms. The molecular weight excluding hydrogens is 214 g/mol. The number of rotatable bonds is 3. The maximum absolute atomic E-state index is 10.8. The van der Waals surface area contributed by atoms with Crippen molar-refractivity contribution >= 4 is 16.8 Å². The second-order valence-electron chi connectivity index (χ2n) is 3.10. The van der Waals surface area contributed by atoms with Crippen LogP contribution in [0.15, 0.2) is 36.9 Å². The van der Waals surface area contributed by atoms with E-state index in [9.17, 15) is 4.79 Å². The molecule has 0 aliphatic rings. The van der Waals surface area contributed by atoms with E-state index in [1.807, 2.05) is 16.7 Å². The van der Waals surface area contributed by atoms with Crippen LogP contribution in [0.1, 0.15) is 15.9 Å². The van der Waals surface area contributed by atoms with Crippen molar-refractivity contribution in [1.82, 2.24) is 14.8 Å². The molecule has 0 aliphatic heterocycles. The number of benzene rings is 1. The molecule has 2 aromatic rings. The second kappa shape index (κ2) is 4.23. The van der Waals surface area contributed by atoms with E-state index in [1.165, 1.54) is 0 Å². The lowest BCUT2D eigenvalue weighted by Gasteiger charge is -2.01. The highest BCUT2D eigenvalue weighted by Crippen LogP contribution is 2.08. The zero-order chi connectivity index (χ0) is 10.7. The van der Waals surface area contributed by atoms with Gasteiger partial charge in [0.15, 0.2) is 0 Å². The molecule has 0 saturated heterocycles. The molecule has 0 spiro atoms. The number of nitrogens with zero attached hydrogens (tertiary/aromatic N) is 3. The standard InChI is InChI=1S/C10H8ClN3O/c11-10(15)9-3-1-8(2-4-9)5-14-6-12-13-7-14/h1-4,6-7H,5H2. The smallest absolute Gasteiger partial charge is 0.252 e. The summed E-state index contributed by atoms with van der Waals surface area (Å²) in [5, 5.41) is 6.96. The fraction of sp³-hybridized carbons (Fsp3) is 0.100. The molecular formula is C10H8ClN3O. The van der Waals surface area contributed by atoms with Gasteiger partial charge in [0, 0.05) is 12.1 Å². The molecule has 0 fully saturated rings. The van der Waals surface area contributed by atoms with Crippen LogP contribution in [0.2, 0.25) is 0 Å². The van der Waals surface area contributed by atoms with Crippen molar-refractivity contribution < 1.29 is 4.79 Å². The van der Waals surface area contributed by atoms with E-state index in [4.69, 9.17) is 11.6 Å². The highest BCUT2D eigenvalue weighted by molar-refractivity contribution is 6.67. The van der Waals surface area contributed by atoms with E-state index in [2.05, 4.69) is 10.2 Å². The molecule has 0 atom stereocenters. The van der Waals surface area contributed by atoms with Crippen LogP contribution in [0.25, 0.3) is 0 Å². The molecule has 76 valence electrons. The summed E-state index contributed by atoms with van der Waals surface area (Å²) in [6.45, 7) is 0.684. The lowest BCUT2D eigenvalue weighted by molar-refractivity contribution is 0.108. The molecule has 0 aliphatic carbocycles. The number of halogens is 1. The van der Waals surface area contributed by atoms with Crippen LogP contribution in [-0.2, 0) is 6.54 Å². The van der Waals surface area contributed by atoms with Crippen LogP contribution < -0.4 is 0 Å². The van der Waals surface area contributed by atoms with Crippen LogP contribution in [0.5, 0.6) is 0 Å². The SMILES string of the molecule is O=C(Cl)c1ccc(Cn2cnnc2)cc1. The Bertz CT molecular complexity index is 450. The highest BCUT2D eigenvalue weighted by Gasteiger charge is 2.01. The first kappa shape index (κ1) is 9.86. The van der Waals surface area contributed by atoms with Gasteiger partial charge in [-0.2, -0.15) is 0 Å². The van der Waals surface area contributed by atoms with Gasteiger partial charge in [-0.15, -0.1) is 10.2 Å². The molecule has 0 bridgehead atoms.